The standard InChI is InChI=1S/C25H24N2O/c1-2-20-12-6-8-14-23(20)26-25(28)16-21-18-27(17-19-10-4-3-5-11-19)24-15-9-7-13-22(21)24/h3-15,18H,2,16-17H2,1H3,(H,26,28). The van der Waals surface area contributed by atoms with Gasteiger partial charge in [0.05, 0.1) is 6.42 Å². The number of carbonyl (C=O) groups is 1. The second kappa shape index (κ2) is 8.13. The van der Waals surface area contributed by atoms with E-state index in [1.165, 1.54) is 5.56 Å². The number of aromatic nitrogens is 1. The maximum atomic E-state index is 12.7. The van der Waals surface area contributed by atoms with Crippen LogP contribution in [-0.4, -0.2) is 10.5 Å². The van der Waals surface area contributed by atoms with Crippen LogP contribution in [0, 0.1) is 0 Å². The van der Waals surface area contributed by atoms with Gasteiger partial charge in [-0.1, -0.05) is 73.7 Å². The highest BCUT2D eigenvalue weighted by atomic mass is 16.1. The van der Waals surface area contributed by atoms with E-state index in [0.29, 0.717) is 6.42 Å². The molecule has 4 rings (SSSR count). The van der Waals surface area contributed by atoms with E-state index in [4.69, 9.17) is 0 Å². The van der Waals surface area contributed by atoms with Gasteiger partial charge in [-0.25, -0.2) is 0 Å². The fraction of sp³-hybridized carbons (Fsp3) is 0.160. The Bertz CT molecular complexity index is 1100. The summed E-state index contributed by atoms with van der Waals surface area (Å²) in [6.45, 7) is 2.89. The minimum atomic E-state index is 0.0171. The van der Waals surface area contributed by atoms with Crippen LogP contribution in [0.15, 0.2) is 85.1 Å². The summed E-state index contributed by atoms with van der Waals surface area (Å²) >= 11 is 0. The van der Waals surface area contributed by atoms with Crippen LogP contribution in [-0.2, 0) is 24.2 Å². The van der Waals surface area contributed by atoms with Crippen molar-refractivity contribution < 1.29 is 4.79 Å². The molecule has 0 aliphatic heterocycles. The van der Waals surface area contributed by atoms with E-state index in [9.17, 15) is 4.79 Å². The SMILES string of the molecule is CCc1ccccc1NC(=O)Cc1cn(Cc2ccccc2)c2ccccc12. The van der Waals surface area contributed by atoms with Crippen molar-refractivity contribution in [3.63, 3.8) is 0 Å². The summed E-state index contributed by atoms with van der Waals surface area (Å²) in [5.74, 6) is 0.0171. The summed E-state index contributed by atoms with van der Waals surface area (Å²) in [5, 5.41) is 4.22. The molecule has 0 atom stereocenters. The van der Waals surface area contributed by atoms with E-state index in [-0.39, 0.29) is 5.91 Å². The van der Waals surface area contributed by atoms with Crippen LogP contribution in [0.25, 0.3) is 10.9 Å². The summed E-state index contributed by atoms with van der Waals surface area (Å²) in [6.07, 6.45) is 3.37. The molecule has 3 nitrogen and oxygen atoms in total. The molecule has 28 heavy (non-hydrogen) atoms. The maximum Gasteiger partial charge on any atom is 0.228 e. The fourth-order valence-corrected chi connectivity index (χ4v) is 3.69. The second-order valence-corrected chi connectivity index (χ2v) is 7.02. The summed E-state index contributed by atoms with van der Waals surface area (Å²) in [6, 6.07) is 26.7. The largest absolute Gasteiger partial charge is 0.343 e. The fourth-order valence-electron chi connectivity index (χ4n) is 3.69. The van der Waals surface area contributed by atoms with Gasteiger partial charge in [0.1, 0.15) is 0 Å². The Morgan fingerprint density at radius 2 is 1.57 bits per heavy atom. The second-order valence-electron chi connectivity index (χ2n) is 7.02. The first-order valence-electron chi connectivity index (χ1n) is 9.73. The molecule has 0 spiro atoms. The van der Waals surface area contributed by atoms with Crippen molar-refractivity contribution in [2.45, 2.75) is 26.3 Å². The predicted octanol–water partition coefficient (Wildman–Crippen LogP) is 5.43. The van der Waals surface area contributed by atoms with Crippen molar-refractivity contribution in [3.05, 3.63) is 102 Å². The average molecular weight is 368 g/mol. The lowest BCUT2D eigenvalue weighted by Crippen LogP contribution is -2.15. The molecular formula is C25H24N2O. The molecule has 3 aromatic carbocycles. The zero-order valence-corrected chi connectivity index (χ0v) is 16.1. The average Bonchev–Trinajstić information content (AvgIpc) is 3.06. The lowest BCUT2D eigenvalue weighted by molar-refractivity contribution is -0.115. The number of fused-ring (bicyclic) bond motifs is 1. The van der Waals surface area contributed by atoms with Crippen molar-refractivity contribution in [3.8, 4) is 0 Å². The number of rotatable bonds is 6. The van der Waals surface area contributed by atoms with Crippen molar-refractivity contribution in [1.82, 2.24) is 4.57 Å². The van der Waals surface area contributed by atoms with E-state index in [2.05, 4.69) is 65.5 Å². The van der Waals surface area contributed by atoms with Crippen LogP contribution in [0.5, 0.6) is 0 Å². The number of hydrogen-bond donors (Lipinski definition) is 1. The first kappa shape index (κ1) is 18.1. The third-order valence-electron chi connectivity index (χ3n) is 5.09. The molecule has 0 radical (unpaired) electrons. The van der Waals surface area contributed by atoms with Crippen LogP contribution < -0.4 is 5.32 Å². The van der Waals surface area contributed by atoms with Crippen LogP contribution in [0.2, 0.25) is 0 Å². The highest BCUT2D eigenvalue weighted by molar-refractivity contribution is 5.96. The number of nitrogens with one attached hydrogen (secondary N) is 1. The molecule has 0 fully saturated rings. The Labute approximate surface area is 165 Å². The Balaban J connectivity index is 1.59. The van der Waals surface area contributed by atoms with Gasteiger partial charge in [-0.15, -0.1) is 0 Å². The first-order chi connectivity index (χ1) is 13.7. The number of carbonyl (C=O) groups excluding carboxylic acids is 1. The maximum absolute atomic E-state index is 12.7. The van der Waals surface area contributed by atoms with E-state index in [0.717, 1.165) is 40.7 Å². The Hall–Kier alpha value is -3.33. The number of aryl methyl sites for hydroxylation is 1. The highest BCUT2D eigenvalue weighted by Crippen LogP contribution is 2.24. The predicted molar refractivity (Wildman–Crippen MR) is 116 cm³/mol. The lowest BCUT2D eigenvalue weighted by atomic mass is 10.1. The molecule has 1 amide bonds. The minimum Gasteiger partial charge on any atom is -0.343 e. The van der Waals surface area contributed by atoms with E-state index < -0.39 is 0 Å². The molecule has 1 aromatic heterocycles. The van der Waals surface area contributed by atoms with Crippen LogP contribution in [0.1, 0.15) is 23.6 Å². The van der Waals surface area contributed by atoms with Gasteiger partial charge < -0.3 is 9.88 Å². The van der Waals surface area contributed by atoms with Gasteiger partial charge in [-0.05, 0) is 35.2 Å². The molecule has 0 unspecified atom stereocenters. The van der Waals surface area contributed by atoms with Gasteiger partial charge >= 0.3 is 0 Å². The van der Waals surface area contributed by atoms with Gasteiger partial charge in [-0.2, -0.15) is 0 Å². The van der Waals surface area contributed by atoms with Crippen molar-refractivity contribution in [2.24, 2.45) is 0 Å². The van der Waals surface area contributed by atoms with Gasteiger partial charge in [0, 0.05) is 29.3 Å². The van der Waals surface area contributed by atoms with Gasteiger partial charge in [0.25, 0.3) is 0 Å². The van der Waals surface area contributed by atoms with Crippen LogP contribution in [0.4, 0.5) is 5.69 Å². The number of anilines is 1. The smallest absolute Gasteiger partial charge is 0.228 e. The van der Waals surface area contributed by atoms with E-state index in [1.807, 2.05) is 36.4 Å². The highest BCUT2D eigenvalue weighted by Gasteiger charge is 2.13. The number of benzene rings is 3. The van der Waals surface area contributed by atoms with Gasteiger partial charge in [0.2, 0.25) is 5.91 Å². The molecular weight excluding hydrogens is 344 g/mol. The molecule has 3 heteroatoms. The Kier molecular flexibility index (Phi) is 5.24. The molecule has 0 saturated carbocycles. The molecule has 0 bridgehead atoms. The van der Waals surface area contributed by atoms with Crippen molar-refractivity contribution in [1.29, 1.82) is 0 Å². The van der Waals surface area contributed by atoms with Gasteiger partial charge in [-0.3, -0.25) is 4.79 Å². The summed E-state index contributed by atoms with van der Waals surface area (Å²) in [5.41, 5.74) is 5.52. The van der Waals surface area contributed by atoms with Crippen LogP contribution in [0.3, 0.4) is 0 Å². The lowest BCUT2D eigenvalue weighted by Gasteiger charge is -2.09. The third-order valence-corrected chi connectivity index (χ3v) is 5.09. The monoisotopic (exact) mass is 368 g/mol. The molecule has 1 heterocycles. The number of nitrogens with zero attached hydrogens (tertiary/aromatic N) is 1. The first-order valence-corrected chi connectivity index (χ1v) is 9.73. The zero-order valence-electron chi connectivity index (χ0n) is 16.1. The van der Waals surface area contributed by atoms with Crippen molar-refractivity contribution in [2.75, 3.05) is 5.32 Å². The van der Waals surface area contributed by atoms with Gasteiger partial charge in [0.15, 0.2) is 0 Å². The minimum absolute atomic E-state index is 0.0171. The molecule has 0 aliphatic carbocycles. The topological polar surface area (TPSA) is 34.0 Å². The summed E-state index contributed by atoms with van der Waals surface area (Å²) in [4.78, 5) is 12.7. The van der Waals surface area contributed by atoms with E-state index >= 15 is 0 Å². The van der Waals surface area contributed by atoms with E-state index in [1.54, 1.807) is 0 Å². The van der Waals surface area contributed by atoms with Crippen LogP contribution >= 0.6 is 0 Å². The Morgan fingerprint density at radius 3 is 2.39 bits per heavy atom. The Morgan fingerprint density at radius 1 is 0.857 bits per heavy atom. The molecule has 140 valence electrons. The quantitative estimate of drug-likeness (QED) is 0.483. The summed E-state index contributed by atoms with van der Waals surface area (Å²) in [7, 11) is 0. The number of para-hydroxylation sites is 2. The molecule has 4 aromatic rings. The molecule has 0 saturated heterocycles. The number of amides is 1. The number of hydrogen-bond acceptors (Lipinski definition) is 1. The van der Waals surface area contributed by atoms with Crippen molar-refractivity contribution >= 4 is 22.5 Å². The molecule has 0 aliphatic rings. The third kappa shape index (κ3) is 3.84. The normalized spacial score (nSPS) is 10.9. The molecule has 1 N–H and O–H groups in total. The zero-order chi connectivity index (χ0) is 19.3. The summed E-state index contributed by atoms with van der Waals surface area (Å²) < 4.78 is 2.23.